The summed E-state index contributed by atoms with van der Waals surface area (Å²) < 4.78 is 5.55. The van der Waals surface area contributed by atoms with Gasteiger partial charge in [0, 0.05) is 24.3 Å². The van der Waals surface area contributed by atoms with E-state index < -0.39 is 5.60 Å². The van der Waals surface area contributed by atoms with Gasteiger partial charge in [-0.15, -0.1) is 0 Å². The lowest BCUT2D eigenvalue weighted by molar-refractivity contribution is 0.0578. The number of nitrogens with two attached hydrogens (primary N) is 1. The fraction of sp³-hybridized carbons (Fsp3) is 0.611. The molecular formula is C18H27N3O2. The minimum Gasteiger partial charge on any atom is -0.443 e. The van der Waals surface area contributed by atoms with Crippen LogP contribution >= 0.6 is 0 Å². The molecule has 3 N–H and O–H groups in total. The van der Waals surface area contributed by atoms with Gasteiger partial charge in [0.25, 0.3) is 0 Å². The molecule has 1 aromatic rings. The van der Waals surface area contributed by atoms with E-state index in [4.69, 9.17) is 10.5 Å². The summed E-state index contributed by atoms with van der Waals surface area (Å²) in [6.45, 7) is 6.40. The highest BCUT2D eigenvalue weighted by Gasteiger charge is 2.29. The summed E-state index contributed by atoms with van der Waals surface area (Å²) in [6.07, 6.45) is 3.72. The molecule has 3 rings (SSSR count). The Balaban J connectivity index is 1.77. The summed E-state index contributed by atoms with van der Waals surface area (Å²) >= 11 is 0. The van der Waals surface area contributed by atoms with Crippen LogP contribution in [0.4, 0.5) is 16.2 Å². The molecule has 0 aromatic heterocycles. The molecule has 0 unspecified atom stereocenters. The second-order valence-corrected chi connectivity index (χ2v) is 7.65. The Labute approximate surface area is 138 Å². The molecule has 1 aliphatic carbocycles. The van der Waals surface area contributed by atoms with Gasteiger partial charge in [-0.3, -0.25) is 4.90 Å². The number of carbonyl (C=O) groups is 1. The van der Waals surface area contributed by atoms with Gasteiger partial charge in [-0.05, 0) is 64.2 Å². The second-order valence-electron chi connectivity index (χ2n) is 7.65. The third kappa shape index (κ3) is 3.78. The van der Waals surface area contributed by atoms with E-state index in [1.54, 1.807) is 4.90 Å². The maximum absolute atomic E-state index is 12.5. The van der Waals surface area contributed by atoms with Gasteiger partial charge in [-0.25, -0.2) is 4.79 Å². The van der Waals surface area contributed by atoms with Crippen LogP contribution in [0, 0.1) is 0 Å². The van der Waals surface area contributed by atoms with E-state index in [0.29, 0.717) is 18.6 Å². The maximum atomic E-state index is 12.5. The van der Waals surface area contributed by atoms with E-state index in [-0.39, 0.29) is 6.09 Å². The van der Waals surface area contributed by atoms with Crippen LogP contribution in [0.5, 0.6) is 0 Å². The number of amides is 1. The molecule has 5 nitrogen and oxygen atoms in total. The molecule has 1 saturated carbocycles. The van der Waals surface area contributed by atoms with Gasteiger partial charge in [0.2, 0.25) is 0 Å². The Morgan fingerprint density at radius 3 is 2.74 bits per heavy atom. The smallest absolute Gasteiger partial charge is 0.414 e. The van der Waals surface area contributed by atoms with Gasteiger partial charge < -0.3 is 15.8 Å². The quantitative estimate of drug-likeness (QED) is 0.878. The normalized spacial score (nSPS) is 23.7. The predicted octanol–water partition coefficient (Wildman–Crippen LogP) is 3.28. The molecule has 1 aromatic carbocycles. The van der Waals surface area contributed by atoms with Gasteiger partial charge in [0.05, 0.1) is 5.69 Å². The summed E-state index contributed by atoms with van der Waals surface area (Å²) in [5.41, 5.74) is 8.59. The predicted molar refractivity (Wildman–Crippen MR) is 93.0 cm³/mol. The lowest BCUT2D eigenvalue weighted by Crippen LogP contribution is -2.44. The minimum absolute atomic E-state index is 0.263. The number of nitrogens with one attached hydrogen (secondary N) is 1. The van der Waals surface area contributed by atoms with E-state index >= 15 is 0 Å². The number of rotatable bonds is 2. The van der Waals surface area contributed by atoms with Gasteiger partial charge in [0.15, 0.2) is 0 Å². The molecule has 0 atom stereocenters. The van der Waals surface area contributed by atoms with Crippen LogP contribution in [0.15, 0.2) is 18.2 Å². The van der Waals surface area contributed by atoms with Crippen LogP contribution in [0.3, 0.4) is 0 Å². The van der Waals surface area contributed by atoms with E-state index in [0.717, 1.165) is 37.1 Å². The molecule has 1 aliphatic heterocycles. The van der Waals surface area contributed by atoms with Crippen molar-refractivity contribution in [3.63, 3.8) is 0 Å². The minimum atomic E-state index is -0.480. The van der Waals surface area contributed by atoms with Crippen LogP contribution < -0.4 is 16.0 Å². The monoisotopic (exact) mass is 317 g/mol. The Bertz CT molecular complexity index is 588. The summed E-state index contributed by atoms with van der Waals surface area (Å²) in [5, 5.41) is 3.51. The number of carbonyl (C=O) groups excluding carboxylic acids is 1. The van der Waals surface area contributed by atoms with Crippen molar-refractivity contribution in [1.29, 1.82) is 0 Å². The molecule has 126 valence electrons. The number of ether oxygens (including phenoxy) is 1. The maximum Gasteiger partial charge on any atom is 0.414 e. The molecule has 0 spiro atoms. The number of hydrogen-bond donors (Lipinski definition) is 2. The van der Waals surface area contributed by atoms with Crippen molar-refractivity contribution < 1.29 is 9.53 Å². The fourth-order valence-electron chi connectivity index (χ4n) is 3.19. The number of nitrogens with zero attached hydrogens (tertiary/aromatic N) is 1. The van der Waals surface area contributed by atoms with E-state index in [2.05, 4.69) is 23.5 Å². The SMILES string of the molecule is CC(C)(C)OC(=O)N1CCCc2ccc(NC3CC(N)C3)cc21. The molecule has 2 aliphatic rings. The summed E-state index contributed by atoms with van der Waals surface area (Å²) in [6, 6.07) is 7.06. The first-order chi connectivity index (χ1) is 10.8. The lowest BCUT2D eigenvalue weighted by atomic mass is 9.87. The number of aryl methyl sites for hydroxylation is 1. The average molecular weight is 317 g/mol. The van der Waals surface area contributed by atoms with Crippen molar-refractivity contribution >= 4 is 17.5 Å². The van der Waals surface area contributed by atoms with Crippen molar-refractivity contribution in [2.45, 2.75) is 64.1 Å². The Kier molecular flexibility index (Phi) is 4.23. The number of fused-ring (bicyclic) bond motifs is 1. The zero-order valence-electron chi connectivity index (χ0n) is 14.3. The number of hydrogen-bond acceptors (Lipinski definition) is 4. The molecule has 0 bridgehead atoms. The van der Waals surface area contributed by atoms with Gasteiger partial charge >= 0.3 is 6.09 Å². The molecule has 1 amide bonds. The molecular weight excluding hydrogens is 290 g/mol. The first-order valence-corrected chi connectivity index (χ1v) is 8.47. The number of benzene rings is 1. The summed E-state index contributed by atoms with van der Waals surface area (Å²) in [7, 11) is 0. The third-order valence-electron chi connectivity index (χ3n) is 4.36. The third-order valence-corrected chi connectivity index (χ3v) is 4.36. The van der Waals surface area contributed by atoms with Crippen molar-refractivity contribution in [3.8, 4) is 0 Å². The van der Waals surface area contributed by atoms with Crippen molar-refractivity contribution in [2.75, 3.05) is 16.8 Å². The van der Waals surface area contributed by atoms with Crippen molar-refractivity contribution in [2.24, 2.45) is 5.73 Å². The van der Waals surface area contributed by atoms with Gasteiger partial charge in [-0.1, -0.05) is 6.07 Å². The molecule has 0 radical (unpaired) electrons. The van der Waals surface area contributed by atoms with Crippen LogP contribution in [0.1, 0.15) is 45.6 Å². The van der Waals surface area contributed by atoms with Crippen LogP contribution in [0.2, 0.25) is 0 Å². The molecule has 0 saturated heterocycles. The highest BCUT2D eigenvalue weighted by atomic mass is 16.6. The van der Waals surface area contributed by atoms with Crippen molar-refractivity contribution in [3.05, 3.63) is 23.8 Å². The first kappa shape index (κ1) is 16.1. The van der Waals surface area contributed by atoms with E-state index in [1.807, 2.05) is 20.8 Å². The molecule has 1 heterocycles. The van der Waals surface area contributed by atoms with E-state index in [1.165, 1.54) is 5.56 Å². The highest BCUT2D eigenvalue weighted by Crippen LogP contribution is 2.32. The Morgan fingerprint density at radius 2 is 2.09 bits per heavy atom. The van der Waals surface area contributed by atoms with Gasteiger partial charge in [-0.2, -0.15) is 0 Å². The fourth-order valence-corrected chi connectivity index (χ4v) is 3.19. The second kappa shape index (κ2) is 6.04. The first-order valence-electron chi connectivity index (χ1n) is 8.47. The molecule has 23 heavy (non-hydrogen) atoms. The van der Waals surface area contributed by atoms with Crippen LogP contribution in [-0.4, -0.2) is 30.3 Å². The Hall–Kier alpha value is -1.75. The van der Waals surface area contributed by atoms with E-state index in [9.17, 15) is 4.79 Å². The standard InChI is InChI=1S/C18H27N3O2/c1-18(2,3)23-17(22)21-8-4-5-12-6-7-14(11-16(12)21)20-15-9-13(19)10-15/h6-7,11,13,15,20H,4-5,8-10,19H2,1-3H3. The zero-order chi connectivity index (χ0) is 16.6. The topological polar surface area (TPSA) is 67.6 Å². The van der Waals surface area contributed by atoms with Crippen molar-refractivity contribution in [1.82, 2.24) is 0 Å². The molecule has 5 heteroatoms. The lowest BCUT2D eigenvalue weighted by Gasteiger charge is -2.35. The van der Waals surface area contributed by atoms with Gasteiger partial charge in [0.1, 0.15) is 5.60 Å². The summed E-state index contributed by atoms with van der Waals surface area (Å²) in [5.74, 6) is 0. The Morgan fingerprint density at radius 1 is 1.35 bits per heavy atom. The largest absolute Gasteiger partial charge is 0.443 e. The average Bonchev–Trinajstić information content (AvgIpc) is 2.43. The van der Waals surface area contributed by atoms with Crippen LogP contribution in [-0.2, 0) is 11.2 Å². The van der Waals surface area contributed by atoms with Crippen LogP contribution in [0.25, 0.3) is 0 Å². The number of anilines is 2. The molecule has 1 fully saturated rings. The summed E-state index contributed by atoms with van der Waals surface area (Å²) in [4.78, 5) is 14.3. The zero-order valence-corrected chi connectivity index (χ0v) is 14.3. The highest BCUT2D eigenvalue weighted by molar-refractivity contribution is 5.90.